The summed E-state index contributed by atoms with van der Waals surface area (Å²) in [6.45, 7) is 2.86. The fourth-order valence-corrected chi connectivity index (χ4v) is 1.23. The third-order valence-corrected chi connectivity index (χ3v) is 2.07. The van der Waals surface area contributed by atoms with Crippen LogP contribution in [0.25, 0.3) is 0 Å². The van der Waals surface area contributed by atoms with Crippen LogP contribution in [0.1, 0.15) is 24.2 Å². The summed E-state index contributed by atoms with van der Waals surface area (Å²) < 4.78 is 0. The molecule has 80 valence electrons. The number of carbonyl (C=O) groups excluding carboxylic acids is 1. The van der Waals surface area contributed by atoms with Crippen LogP contribution in [0.5, 0.6) is 0 Å². The van der Waals surface area contributed by atoms with E-state index in [-0.39, 0.29) is 17.2 Å². The lowest BCUT2D eigenvalue weighted by Crippen LogP contribution is -2.21. The molecule has 0 bridgehead atoms. The Morgan fingerprint density at radius 1 is 1.67 bits per heavy atom. The van der Waals surface area contributed by atoms with E-state index < -0.39 is 11.0 Å². The van der Waals surface area contributed by atoms with Crippen molar-refractivity contribution in [3.63, 3.8) is 0 Å². The molecule has 0 aliphatic heterocycles. The number of Topliss-reactive ketones (excluding diaryl/α,β-unsaturated/α-hetero) is 1. The molecule has 6 heteroatoms. The minimum Gasteiger partial charge on any atom is -0.316 e. The lowest BCUT2D eigenvalue weighted by Gasteiger charge is -2.08. The number of aryl methyl sites for hydroxylation is 1. The van der Waals surface area contributed by atoms with Crippen molar-refractivity contribution < 1.29 is 9.72 Å². The van der Waals surface area contributed by atoms with Gasteiger partial charge in [-0.3, -0.25) is 19.9 Å². The molecule has 0 spiro atoms. The number of carbonyl (C=O) groups is 1. The second-order valence-corrected chi connectivity index (χ2v) is 3.21. The molecule has 0 saturated heterocycles. The van der Waals surface area contributed by atoms with Crippen molar-refractivity contribution in [3.05, 3.63) is 33.6 Å². The summed E-state index contributed by atoms with van der Waals surface area (Å²) in [6.07, 6.45) is 1.40. The van der Waals surface area contributed by atoms with Crippen LogP contribution in [0.3, 0.4) is 0 Å². The van der Waals surface area contributed by atoms with E-state index in [0.29, 0.717) is 5.56 Å². The molecule has 1 heterocycles. The van der Waals surface area contributed by atoms with Gasteiger partial charge in [-0.15, -0.1) is 0 Å². The fourth-order valence-electron chi connectivity index (χ4n) is 1.23. The Bertz CT molecular complexity index is 417. The van der Waals surface area contributed by atoms with Crippen molar-refractivity contribution in [1.29, 1.82) is 0 Å². The topological polar surface area (TPSA) is 99.1 Å². The number of aromatic nitrogens is 1. The summed E-state index contributed by atoms with van der Waals surface area (Å²) >= 11 is 0. The van der Waals surface area contributed by atoms with Crippen molar-refractivity contribution in [3.8, 4) is 0 Å². The van der Waals surface area contributed by atoms with Crippen LogP contribution in [0, 0.1) is 17.0 Å². The minimum atomic E-state index is -1.04. The predicted octanol–water partition coefficient (Wildman–Crippen LogP) is 0.887. The second kappa shape index (κ2) is 4.14. The van der Waals surface area contributed by atoms with Crippen molar-refractivity contribution >= 4 is 11.5 Å². The minimum absolute atomic E-state index is 0.0208. The molecule has 6 nitrogen and oxygen atoms in total. The molecular formula is C9H11N3O3. The molecule has 1 aromatic heterocycles. The van der Waals surface area contributed by atoms with Crippen LogP contribution in [-0.4, -0.2) is 15.7 Å². The van der Waals surface area contributed by atoms with Crippen LogP contribution in [0.15, 0.2) is 12.3 Å². The van der Waals surface area contributed by atoms with E-state index in [2.05, 4.69) is 4.98 Å². The first-order chi connectivity index (χ1) is 6.95. The predicted molar refractivity (Wildman–Crippen MR) is 53.2 cm³/mol. The van der Waals surface area contributed by atoms with E-state index in [9.17, 15) is 14.9 Å². The van der Waals surface area contributed by atoms with E-state index in [1.165, 1.54) is 19.2 Å². The highest BCUT2D eigenvalue weighted by Gasteiger charge is 2.25. The van der Waals surface area contributed by atoms with Gasteiger partial charge in [0, 0.05) is 11.8 Å². The third-order valence-electron chi connectivity index (χ3n) is 2.07. The molecule has 0 amide bonds. The van der Waals surface area contributed by atoms with E-state index in [1.807, 2.05) is 0 Å². The first kappa shape index (κ1) is 11.3. The molecule has 0 radical (unpaired) electrons. The van der Waals surface area contributed by atoms with Crippen molar-refractivity contribution in [2.45, 2.75) is 19.9 Å². The number of nitrogens with two attached hydrogens (primary N) is 1. The highest BCUT2D eigenvalue weighted by molar-refractivity contribution is 5.83. The number of ketones is 1. The van der Waals surface area contributed by atoms with Crippen LogP contribution in [0.4, 0.5) is 5.69 Å². The Hall–Kier alpha value is -1.82. The summed E-state index contributed by atoms with van der Waals surface area (Å²) in [4.78, 5) is 25.0. The van der Waals surface area contributed by atoms with Crippen LogP contribution in [-0.2, 0) is 4.79 Å². The summed E-state index contributed by atoms with van der Waals surface area (Å²) in [5.41, 5.74) is 5.82. The summed E-state index contributed by atoms with van der Waals surface area (Å²) in [5.74, 6) is -0.351. The first-order valence-corrected chi connectivity index (χ1v) is 4.31. The zero-order chi connectivity index (χ0) is 11.6. The van der Waals surface area contributed by atoms with Gasteiger partial charge in [-0.1, -0.05) is 0 Å². The van der Waals surface area contributed by atoms with Gasteiger partial charge in [0.25, 0.3) is 5.69 Å². The number of hydrogen-bond donors (Lipinski definition) is 1. The molecule has 0 aliphatic carbocycles. The number of pyridine rings is 1. The average molecular weight is 209 g/mol. The quantitative estimate of drug-likeness (QED) is 0.588. The van der Waals surface area contributed by atoms with Gasteiger partial charge in [0.05, 0.1) is 4.92 Å². The van der Waals surface area contributed by atoms with Gasteiger partial charge >= 0.3 is 0 Å². The number of rotatable bonds is 3. The third kappa shape index (κ3) is 2.16. The van der Waals surface area contributed by atoms with Gasteiger partial charge in [0.2, 0.25) is 0 Å². The van der Waals surface area contributed by atoms with E-state index in [1.54, 1.807) is 6.92 Å². The highest BCUT2D eigenvalue weighted by atomic mass is 16.6. The largest absolute Gasteiger partial charge is 0.316 e. The SMILES string of the molecule is CC(=O)C(N)c1nccc(C)c1[N+](=O)[O-]. The molecule has 0 aliphatic rings. The smallest absolute Gasteiger partial charge is 0.295 e. The zero-order valence-corrected chi connectivity index (χ0v) is 8.43. The molecule has 1 unspecified atom stereocenters. The summed E-state index contributed by atoms with van der Waals surface area (Å²) in [6, 6.07) is 0.472. The highest BCUT2D eigenvalue weighted by Crippen LogP contribution is 2.25. The number of hydrogen-bond acceptors (Lipinski definition) is 5. The average Bonchev–Trinajstić information content (AvgIpc) is 2.15. The molecule has 2 N–H and O–H groups in total. The Morgan fingerprint density at radius 3 is 2.73 bits per heavy atom. The van der Waals surface area contributed by atoms with Gasteiger partial charge in [-0.2, -0.15) is 0 Å². The molecule has 0 fully saturated rings. The Balaban J connectivity index is 3.35. The maximum Gasteiger partial charge on any atom is 0.295 e. The van der Waals surface area contributed by atoms with E-state index >= 15 is 0 Å². The maximum absolute atomic E-state index is 11.0. The van der Waals surface area contributed by atoms with Gasteiger partial charge < -0.3 is 5.73 Å². The number of nitrogens with zero attached hydrogens (tertiary/aromatic N) is 2. The van der Waals surface area contributed by atoms with Crippen LogP contribution >= 0.6 is 0 Å². The molecule has 0 aromatic carbocycles. The summed E-state index contributed by atoms with van der Waals surface area (Å²) in [7, 11) is 0. The first-order valence-electron chi connectivity index (χ1n) is 4.31. The van der Waals surface area contributed by atoms with Gasteiger partial charge in [-0.05, 0) is 19.9 Å². The molecule has 1 aromatic rings. The van der Waals surface area contributed by atoms with E-state index in [0.717, 1.165) is 0 Å². The molecular weight excluding hydrogens is 198 g/mol. The van der Waals surface area contributed by atoms with Crippen LogP contribution in [0.2, 0.25) is 0 Å². The van der Waals surface area contributed by atoms with Crippen molar-refractivity contribution in [1.82, 2.24) is 4.98 Å². The Kier molecular flexibility index (Phi) is 3.11. The molecule has 1 rings (SSSR count). The molecule has 15 heavy (non-hydrogen) atoms. The zero-order valence-electron chi connectivity index (χ0n) is 8.43. The molecule has 1 atom stereocenters. The lowest BCUT2D eigenvalue weighted by atomic mass is 10.1. The second-order valence-electron chi connectivity index (χ2n) is 3.21. The summed E-state index contributed by atoms with van der Waals surface area (Å²) in [5, 5.41) is 10.8. The van der Waals surface area contributed by atoms with Gasteiger partial charge in [-0.25, -0.2) is 0 Å². The standard InChI is InChI=1S/C9H11N3O3/c1-5-3-4-11-8(7(10)6(2)13)9(5)12(14)15/h3-4,7H,10H2,1-2H3. The number of nitro groups is 1. The Labute approximate surface area is 86.3 Å². The Morgan fingerprint density at radius 2 is 2.27 bits per heavy atom. The monoisotopic (exact) mass is 209 g/mol. The van der Waals surface area contributed by atoms with Crippen LogP contribution < -0.4 is 5.73 Å². The van der Waals surface area contributed by atoms with Crippen molar-refractivity contribution in [2.24, 2.45) is 5.73 Å². The normalized spacial score (nSPS) is 12.2. The van der Waals surface area contributed by atoms with Gasteiger partial charge in [0.15, 0.2) is 5.78 Å². The fraction of sp³-hybridized carbons (Fsp3) is 0.333. The molecule has 0 saturated carbocycles. The maximum atomic E-state index is 11.0. The van der Waals surface area contributed by atoms with E-state index in [4.69, 9.17) is 5.73 Å². The lowest BCUT2D eigenvalue weighted by molar-refractivity contribution is -0.386. The van der Waals surface area contributed by atoms with Gasteiger partial charge in [0.1, 0.15) is 11.7 Å². The van der Waals surface area contributed by atoms with Crippen molar-refractivity contribution in [2.75, 3.05) is 0 Å².